The van der Waals surface area contributed by atoms with Crippen LogP contribution < -0.4 is 10.6 Å². The molecule has 4 nitrogen and oxygen atoms in total. The van der Waals surface area contributed by atoms with Crippen molar-refractivity contribution in [2.24, 2.45) is 11.7 Å². The third kappa shape index (κ3) is 2.46. The Kier molecular flexibility index (Phi) is 3.72. The molecule has 2 heterocycles. The van der Waals surface area contributed by atoms with Crippen molar-refractivity contribution < 1.29 is 0 Å². The lowest BCUT2D eigenvalue weighted by Crippen LogP contribution is -2.48. The molecule has 2 unspecified atom stereocenters. The Hall–Kier alpha value is -1.03. The van der Waals surface area contributed by atoms with Gasteiger partial charge in [0, 0.05) is 31.9 Å². The van der Waals surface area contributed by atoms with Crippen LogP contribution in [0.1, 0.15) is 32.9 Å². The van der Waals surface area contributed by atoms with Crippen LogP contribution in [0.2, 0.25) is 0 Å². The molecule has 0 saturated carbocycles. The zero-order valence-corrected chi connectivity index (χ0v) is 11.2. The lowest BCUT2D eigenvalue weighted by molar-refractivity contribution is 0.374. The van der Waals surface area contributed by atoms with Crippen LogP contribution in [0.5, 0.6) is 0 Å². The van der Waals surface area contributed by atoms with Crippen molar-refractivity contribution in [2.45, 2.75) is 46.2 Å². The van der Waals surface area contributed by atoms with E-state index in [1.165, 1.54) is 12.1 Å². The van der Waals surface area contributed by atoms with Gasteiger partial charge in [-0.3, -0.25) is 0 Å². The first-order valence-corrected chi connectivity index (χ1v) is 6.72. The van der Waals surface area contributed by atoms with Gasteiger partial charge in [-0.05, 0) is 25.7 Å². The van der Waals surface area contributed by atoms with Gasteiger partial charge in [0.05, 0.1) is 5.69 Å². The molecule has 1 aliphatic rings. The minimum absolute atomic E-state index is 0.274. The number of imidazole rings is 1. The highest BCUT2D eigenvalue weighted by atomic mass is 15.3. The number of aromatic nitrogens is 2. The fourth-order valence-electron chi connectivity index (χ4n) is 2.40. The molecule has 2 N–H and O–H groups in total. The number of nitrogens with two attached hydrogens (primary N) is 1. The Balaban J connectivity index is 2.18. The maximum absolute atomic E-state index is 6.16. The number of piperidine rings is 1. The van der Waals surface area contributed by atoms with E-state index in [-0.39, 0.29) is 6.04 Å². The van der Waals surface area contributed by atoms with E-state index in [0.29, 0.717) is 5.92 Å². The molecule has 17 heavy (non-hydrogen) atoms. The second kappa shape index (κ2) is 5.08. The van der Waals surface area contributed by atoms with Crippen molar-refractivity contribution in [3.8, 4) is 0 Å². The first-order chi connectivity index (χ1) is 8.15. The quantitative estimate of drug-likeness (QED) is 0.868. The molecule has 1 aliphatic heterocycles. The Morgan fingerprint density at radius 1 is 1.47 bits per heavy atom. The van der Waals surface area contributed by atoms with Crippen LogP contribution in [0, 0.1) is 5.92 Å². The summed E-state index contributed by atoms with van der Waals surface area (Å²) in [4.78, 5) is 7.06. The van der Waals surface area contributed by atoms with E-state index in [1.807, 2.05) is 0 Å². The molecule has 4 heteroatoms. The van der Waals surface area contributed by atoms with Crippen LogP contribution in [0.25, 0.3) is 0 Å². The third-order valence-corrected chi connectivity index (χ3v) is 3.81. The zero-order chi connectivity index (χ0) is 12.4. The summed E-state index contributed by atoms with van der Waals surface area (Å²) < 4.78 is 2.24. The maximum atomic E-state index is 6.16. The Labute approximate surface area is 104 Å². The molecule has 2 atom stereocenters. The number of anilines is 1. The molecular weight excluding hydrogens is 212 g/mol. The Morgan fingerprint density at radius 3 is 2.82 bits per heavy atom. The lowest BCUT2D eigenvalue weighted by Gasteiger charge is -2.35. The van der Waals surface area contributed by atoms with Gasteiger partial charge in [-0.2, -0.15) is 0 Å². The highest BCUT2D eigenvalue weighted by Gasteiger charge is 2.25. The van der Waals surface area contributed by atoms with Crippen LogP contribution in [-0.4, -0.2) is 28.7 Å². The molecular formula is C13H24N4. The normalized spacial score (nSPS) is 25.3. The first-order valence-electron chi connectivity index (χ1n) is 6.72. The summed E-state index contributed by atoms with van der Waals surface area (Å²) >= 11 is 0. The van der Waals surface area contributed by atoms with Crippen LogP contribution in [0.3, 0.4) is 0 Å². The summed E-state index contributed by atoms with van der Waals surface area (Å²) in [6.45, 7) is 9.54. The van der Waals surface area contributed by atoms with Crippen molar-refractivity contribution >= 4 is 5.95 Å². The number of rotatable bonds is 3. The van der Waals surface area contributed by atoms with Gasteiger partial charge in [-0.15, -0.1) is 0 Å². The van der Waals surface area contributed by atoms with E-state index < -0.39 is 0 Å². The smallest absolute Gasteiger partial charge is 0.205 e. The molecule has 0 aliphatic carbocycles. The van der Waals surface area contributed by atoms with Gasteiger partial charge < -0.3 is 15.2 Å². The van der Waals surface area contributed by atoms with Crippen LogP contribution in [0.15, 0.2) is 6.20 Å². The largest absolute Gasteiger partial charge is 0.341 e. The fraction of sp³-hybridized carbons (Fsp3) is 0.769. The van der Waals surface area contributed by atoms with Gasteiger partial charge in [-0.25, -0.2) is 4.98 Å². The van der Waals surface area contributed by atoms with Crippen molar-refractivity contribution in [1.29, 1.82) is 0 Å². The third-order valence-electron chi connectivity index (χ3n) is 3.81. The van der Waals surface area contributed by atoms with Gasteiger partial charge in [-0.1, -0.05) is 13.8 Å². The highest BCUT2D eigenvalue weighted by Crippen LogP contribution is 2.22. The number of aryl methyl sites for hydroxylation is 2. The average molecular weight is 236 g/mol. The van der Waals surface area contributed by atoms with Gasteiger partial charge in [0.15, 0.2) is 0 Å². The second-order valence-corrected chi connectivity index (χ2v) is 5.05. The summed E-state index contributed by atoms with van der Waals surface area (Å²) in [6, 6.07) is 0.274. The van der Waals surface area contributed by atoms with Crippen LogP contribution in [-0.2, 0) is 13.0 Å². The topological polar surface area (TPSA) is 47.1 Å². The molecule has 0 amide bonds. The van der Waals surface area contributed by atoms with Crippen molar-refractivity contribution in [3.05, 3.63) is 11.9 Å². The predicted molar refractivity (Wildman–Crippen MR) is 71.2 cm³/mol. The number of hydrogen-bond donors (Lipinski definition) is 1. The monoisotopic (exact) mass is 236 g/mol. The van der Waals surface area contributed by atoms with E-state index in [1.54, 1.807) is 0 Å². The standard InChI is InChI=1S/C13H24N4/c1-4-11-8-16(5-2)13(15-11)17-7-6-10(3)12(14)9-17/h8,10,12H,4-7,9,14H2,1-3H3. The van der Waals surface area contributed by atoms with E-state index in [4.69, 9.17) is 10.7 Å². The minimum Gasteiger partial charge on any atom is -0.341 e. The molecule has 1 aromatic rings. The molecule has 0 bridgehead atoms. The molecule has 96 valence electrons. The lowest BCUT2D eigenvalue weighted by atomic mass is 9.94. The Bertz CT molecular complexity index is 371. The van der Waals surface area contributed by atoms with Crippen molar-refractivity contribution in [3.63, 3.8) is 0 Å². The maximum Gasteiger partial charge on any atom is 0.205 e. The number of hydrogen-bond acceptors (Lipinski definition) is 3. The molecule has 1 saturated heterocycles. The zero-order valence-electron chi connectivity index (χ0n) is 11.2. The highest BCUT2D eigenvalue weighted by molar-refractivity contribution is 5.35. The summed E-state index contributed by atoms with van der Waals surface area (Å²) in [6.07, 6.45) is 4.33. The van der Waals surface area contributed by atoms with Gasteiger partial charge >= 0.3 is 0 Å². The van der Waals surface area contributed by atoms with Crippen LogP contribution in [0.4, 0.5) is 5.95 Å². The second-order valence-electron chi connectivity index (χ2n) is 5.05. The van der Waals surface area contributed by atoms with Crippen molar-refractivity contribution in [2.75, 3.05) is 18.0 Å². The average Bonchev–Trinajstić information content (AvgIpc) is 2.76. The first kappa shape index (κ1) is 12.4. The van der Waals surface area contributed by atoms with Gasteiger partial charge in [0.25, 0.3) is 0 Å². The predicted octanol–water partition coefficient (Wildman–Crippen LogP) is 1.64. The SMILES string of the molecule is CCc1cn(CC)c(N2CCC(C)C(N)C2)n1. The molecule has 0 aromatic carbocycles. The van der Waals surface area contributed by atoms with E-state index >= 15 is 0 Å². The van der Waals surface area contributed by atoms with E-state index in [2.05, 4.69) is 36.4 Å². The van der Waals surface area contributed by atoms with Gasteiger partial charge in [0.1, 0.15) is 0 Å². The van der Waals surface area contributed by atoms with Gasteiger partial charge in [0.2, 0.25) is 5.95 Å². The fourth-order valence-corrected chi connectivity index (χ4v) is 2.40. The minimum atomic E-state index is 0.274. The summed E-state index contributed by atoms with van der Waals surface area (Å²) in [5.74, 6) is 1.73. The molecule has 0 radical (unpaired) electrons. The van der Waals surface area contributed by atoms with Crippen LogP contribution >= 0.6 is 0 Å². The number of nitrogens with zero attached hydrogens (tertiary/aromatic N) is 3. The molecule has 2 rings (SSSR count). The summed E-state index contributed by atoms with van der Waals surface area (Å²) in [7, 11) is 0. The molecule has 0 spiro atoms. The van der Waals surface area contributed by atoms with Crippen molar-refractivity contribution in [1.82, 2.24) is 9.55 Å². The summed E-state index contributed by atoms with van der Waals surface area (Å²) in [5, 5.41) is 0. The van der Waals surface area contributed by atoms with E-state index in [0.717, 1.165) is 32.0 Å². The Morgan fingerprint density at radius 2 is 2.24 bits per heavy atom. The molecule has 1 fully saturated rings. The van der Waals surface area contributed by atoms with E-state index in [9.17, 15) is 0 Å². The molecule has 1 aromatic heterocycles. The summed E-state index contributed by atoms with van der Waals surface area (Å²) in [5.41, 5.74) is 7.33.